The molecule has 2 aromatic carbocycles. The predicted molar refractivity (Wildman–Crippen MR) is 109 cm³/mol. The zero-order chi connectivity index (χ0) is 21.3. The second kappa shape index (κ2) is 9.09. The van der Waals surface area contributed by atoms with E-state index < -0.39 is 37.1 Å². The molecule has 1 fully saturated rings. The summed E-state index contributed by atoms with van der Waals surface area (Å²) < 4.78 is 17.1. The molecule has 0 radical (unpaired) electrons. The van der Waals surface area contributed by atoms with Crippen LogP contribution in [0.3, 0.4) is 0 Å². The fourth-order valence-electron chi connectivity index (χ4n) is 3.82. The maximum absolute atomic E-state index is 10.4. The van der Waals surface area contributed by atoms with Gasteiger partial charge >= 0.3 is 0 Å². The Balaban J connectivity index is 1.59. The van der Waals surface area contributed by atoms with E-state index in [-0.39, 0.29) is 0 Å². The lowest BCUT2D eigenvalue weighted by Crippen LogP contribution is -2.55. The van der Waals surface area contributed by atoms with Crippen LogP contribution in [0.25, 0.3) is 0 Å². The molecule has 0 saturated carbocycles. The Labute approximate surface area is 179 Å². The second-order valence-corrected chi connectivity index (χ2v) is 8.02. The lowest BCUT2D eigenvalue weighted by molar-refractivity contribution is -0.231. The number of fused-ring (bicyclic) bond motifs is 1. The van der Waals surface area contributed by atoms with Crippen molar-refractivity contribution in [2.45, 2.75) is 43.4 Å². The highest BCUT2D eigenvalue weighted by molar-refractivity contribution is 6.31. The molecule has 30 heavy (non-hydrogen) atoms. The van der Waals surface area contributed by atoms with Gasteiger partial charge in [-0.05, 0) is 41.3 Å². The first-order valence-electron chi connectivity index (χ1n) is 9.95. The lowest BCUT2D eigenvalue weighted by atomic mass is 9.90. The fraction of sp³-hybridized carbons (Fsp3) is 0.455. The van der Waals surface area contributed by atoms with Crippen molar-refractivity contribution in [1.29, 1.82) is 0 Å². The summed E-state index contributed by atoms with van der Waals surface area (Å²) in [5.41, 5.74) is 2.38. The van der Waals surface area contributed by atoms with E-state index in [2.05, 4.69) is 0 Å². The van der Waals surface area contributed by atoms with Crippen LogP contribution in [0, 0.1) is 0 Å². The topological polar surface area (TPSA) is 109 Å². The molecule has 0 spiro atoms. The normalized spacial score (nSPS) is 28.8. The number of halogens is 1. The van der Waals surface area contributed by atoms with Crippen LogP contribution in [0.1, 0.15) is 29.2 Å². The van der Waals surface area contributed by atoms with Gasteiger partial charge in [-0.3, -0.25) is 0 Å². The Morgan fingerprint density at radius 1 is 0.900 bits per heavy atom. The smallest absolute Gasteiger partial charge is 0.161 e. The van der Waals surface area contributed by atoms with Gasteiger partial charge < -0.3 is 34.6 Å². The molecule has 7 nitrogen and oxygen atoms in total. The van der Waals surface area contributed by atoms with Gasteiger partial charge in [0.15, 0.2) is 11.5 Å². The van der Waals surface area contributed by atoms with Crippen molar-refractivity contribution in [3.8, 4) is 11.5 Å². The van der Waals surface area contributed by atoms with E-state index in [1.807, 2.05) is 18.2 Å². The number of hydrogen-bond acceptors (Lipinski definition) is 7. The number of rotatable bonds is 4. The monoisotopic (exact) mass is 436 g/mol. The molecule has 0 unspecified atom stereocenters. The van der Waals surface area contributed by atoms with Crippen LogP contribution in [-0.4, -0.2) is 64.7 Å². The van der Waals surface area contributed by atoms with Gasteiger partial charge in [0.1, 0.15) is 30.5 Å². The second-order valence-electron chi connectivity index (χ2n) is 7.61. The van der Waals surface area contributed by atoms with E-state index in [1.54, 1.807) is 18.2 Å². The van der Waals surface area contributed by atoms with Gasteiger partial charge in [0.05, 0.1) is 19.8 Å². The van der Waals surface area contributed by atoms with Crippen LogP contribution in [0.5, 0.6) is 11.5 Å². The molecule has 5 atom stereocenters. The minimum atomic E-state index is -1.43. The van der Waals surface area contributed by atoms with Crippen LogP contribution in [0.15, 0.2) is 36.4 Å². The van der Waals surface area contributed by atoms with Gasteiger partial charge in [-0.1, -0.05) is 29.8 Å². The van der Waals surface area contributed by atoms with Crippen LogP contribution in [-0.2, 0) is 11.2 Å². The number of ether oxygens (including phenoxy) is 3. The minimum Gasteiger partial charge on any atom is -0.490 e. The molecular weight excluding hydrogens is 412 g/mol. The van der Waals surface area contributed by atoms with Crippen molar-refractivity contribution in [2.75, 3.05) is 19.8 Å². The summed E-state index contributed by atoms with van der Waals surface area (Å²) in [4.78, 5) is 0. The summed E-state index contributed by atoms with van der Waals surface area (Å²) in [6.45, 7) is 0.752. The first-order chi connectivity index (χ1) is 14.5. The molecule has 0 amide bonds. The lowest BCUT2D eigenvalue weighted by Gasteiger charge is -2.40. The average Bonchev–Trinajstić information content (AvgIpc) is 2.99. The zero-order valence-electron chi connectivity index (χ0n) is 16.3. The number of hydrogen-bond donors (Lipinski definition) is 4. The molecule has 2 aliphatic rings. The standard InChI is InChI=1S/C22H25ClO7/c23-15-4-3-13(22-21(27)20(26)19(25)18(11-24)30-22)10-14(15)8-12-2-5-16-17(9-12)29-7-1-6-28-16/h2-5,9-10,18-22,24-27H,1,6-8,11H2/t18-,19-,20+,21-,22+/m1/s1. The minimum absolute atomic E-state index is 0.473. The highest BCUT2D eigenvalue weighted by atomic mass is 35.5. The van der Waals surface area contributed by atoms with Crippen molar-refractivity contribution in [3.05, 3.63) is 58.1 Å². The van der Waals surface area contributed by atoms with E-state index in [0.717, 1.165) is 23.3 Å². The zero-order valence-corrected chi connectivity index (χ0v) is 17.0. The maximum atomic E-state index is 10.4. The van der Waals surface area contributed by atoms with E-state index in [9.17, 15) is 20.4 Å². The van der Waals surface area contributed by atoms with E-state index >= 15 is 0 Å². The molecule has 0 aromatic heterocycles. The summed E-state index contributed by atoms with van der Waals surface area (Å²) in [6, 6.07) is 11.0. The van der Waals surface area contributed by atoms with Gasteiger partial charge in [0, 0.05) is 11.4 Å². The summed E-state index contributed by atoms with van der Waals surface area (Å²) in [6.07, 6.45) is -4.68. The van der Waals surface area contributed by atoms with Crippen molar-refractivity contribution < 1.29 is 34.6 Å². The van der Waals surface area contributed by atoms with Crippen LogP contribution < -0.4 is 9.47 Å². The molecule has 162 valence electrons. The number of aliphatic hydroxyl groups is 4. The molecule has 0 bridgehead atoms. The summed E-state index contributed by atoms with van der Waals surface area (Å²) in [7, 11) is 0. The fourth-order valence-corrected chi connectivity index (χ4v) is 4.01. The predicted octanol–water partition coefficient (Wildman–Crippen LogP) is 1.61. The Hall–Kier alpha value is -1.87. The molecule has 4 N–H and O–H groups in total. The molecule has 8 heteroatoms. The van der Waals surface area contributed by atoms with Crippen molar-refractivity contribution >= 4 is 11.6 Å². The van der Waals surface area contributed by atoms with E-state index in [1.165, 1.54) is 0 Å². The number of benzene rings is 2. The largest absolute Gasteiger partial charge is 0.490 e. The average molecular weight is 437 g/mol. The van der Waals surface area contributed by atoms with Gasteiger partial charge in [-0.25, -0.2) is 0 Å². The van der Waals surface area contributed by atoms with Gasteiger partial charge in [-0.2, -0.15) is 0 Å². The van der Waals surface area contributed by atoms with Crippen molar-refractivity contribution in [1.82, 2.24) is 0 Å². The van der Waals surface area contributed by atoms with E-state index in [4.69, 9.17) is 25.8 Å². The SMILES string of the molecule is OC[C@H]1O[C@@H](c2ccc(Cl)c(Cc3ccc4c(c3)OCCCO4)c2)[C@H](O)[C@@H](O)[C@@H]1O. The Morgan fingerprint density at radius 2 is 1.67 bits per heavy atom. The molecule has 2 heterocycles. The highest BCUT2D eigenvalue weighted by Gasteiger charge is 2.44. The summed E-state index contributed by atoms with van der Waals surface area (Å²) in [5.74, 6) is 1.42. The Morgan fingerprint density at radius 3 is 2.43 bits per heavy atom. The Kier molecular flexibility index (Phi) is 6.48. The van der Waals surface area contributed by atoms with Crippen molar-refractivity contribution in [3.63, 3.8) is 0 Å². The maximum Gasteiger partial charge on any atom is 0.161 e. The first kappa shape index (κ1) is 21.4. The van der Waals surface area contributed by atoms with E-state index in [0.29, 0.717) is 36.0 Å². The van der Waals surface area contributed by atoms with Gasteiger partial charge in [0.25, 0.3) is 0 Å². The third-order valence-corrected chi connectivity index (χ3v) is 5.87. The third kappa shape index (κ3) is 4.27. The third-order valence-electron chi connectivity index (χ3n) is 5.50. The number of aliphatic hydroxyl groups excluding tert-OH is 4. The molecular formula is C22H25ClO7. The van der Waals surface area contributed by atoms with Crippen LogP contribution >= 0.6 is 11.6 Å². The van der Waals surface area contributed by atoms with Crippen LogP contribution in [0.4, 0.5) is 0 Å². The quantitative estimate of drug-likeness (QED) is 0.576. The first-order valence-corrected chi connectivity index (χ1v) is 10.3. The highest BCUT2D eigenvalue weighted by Crippen LogP contribution is 2.35. The van der Waals surface area contributed by atoms with Gasteiger partial charge in [0.2, 0.25) is 0 Å². The molecule has 1 saturated heterocycles. The summed E-state index contributed by atoms with van der Waals surface area (Å²) in [5, 5.41) is 40.5. The molecule has 2 aliphatic heterocycles. The molecule has 2 aromatic rings. The summed E-state index contributed by atoms with van der Waals surface area (Å²) >= 11 is 6.41. The van der Waals surface area contributed by atoms with Crippen LogP contribution in [0.2, 0.25) is 5.02 Å². The Bertz CT molecular complexity index is 888. The van der Waals surface area contributed by atoms with Gasteiger partial charge in [-0.15, -0.1) is 0 Å². The van der Waals surface area contributed by atoms with Crippen molar-refractivity contribution in [2.24, 2.45) is 0 Å². The molecule has 0 aliphatic carbocycles. The molecule has 4 rings (SSSR count).